The molecule has 9 nitrogen and oxygen atoms in total. The highest BCUT2D eigenvalue weighted by atomic mass is 32.2. The zero-order valence-corrected chi connectivity index (χ0v) is 22.9. The summed E-state index contributed by atoms with van der Waals surface area (Å²) in [5.74, 6) is 0.612. The number of anilines is 5. The molecule has 204 valence electrons. The molecule has 0 spiro atoms. The van der Waals surface area contributed by atoms with Gasteiger partial charge in [0.25, 0.3) is 0 Å². The molecule has 4 rings (SSSR count). The standard InChI is InChI=1S/C28H26FN7O2S2/c1-2-25(37)33-21-6-3-7-22(15-21)34-26-24(29)18-31-27(36-26)35-20-8-10-23(11-9-20)38-13-14-40-28(39)32-17-19-5-4-12-30-16-19/h2-12,15-16,18H,1,13-14,17H2,(H,32,39)(H,33,37)(H2,31,34,35,36). The summed E-state index contributed by atoms with van der Waals surface area (Å²) >= 11 is 6.86. The maximum Gasteiger partial charge on any atom is 0.247 e. The van der Waals surface area contributed by atoms with Crippen molar-refractivity contribution in [3.8, 4) is 5.75 Å². The third-order valence-electron chi connectivity index (χ3n) is 5.18. The minimum absolute atomic E-state index is 0.0185. The van der Waals surface area contributed by atoms with Crippen LogP contribution in [-0.4, -0.2) is 37.5 Å². The lowest BCUT2D eigenvalue weighted by Gasteiger charge is -2.11. The number of thioether (sulfide) groups is 1. The second-order valence-electron chi connectivity index (χ2n) is 8.14. The summed E-state index contributed by atoms with van der Waals surface area (Å²) in [5, 5.41) is 11.8. The van der Waals surface area contributed by atoms with Crippen LogP contribution in [0.15, 0.2) is 91.9 Å². The van der Waals surface area contributed by atoms with Gasteiger partial charge < -0.3 is 26.0 Å². The summed E-state index contributed by atoms with van der Waals surface area (Å²) in [4.78, 5) is 23.9. The van der Waals surface area contributed by atoms with Crippen LogP contribution in [0.4, 0.5) is 33.2 Å². The number of amides is 1. The smallest absolute Gasteiger partial charge is 0.247 e. The Morgan fingerprint density at radius 1 is 1.05 bits per heavy atom. The highest BCUT2D eigenvalue weighted by Crippen LogP contribution is 2.23. The van der Waals surface area contributed by atoms with Crippen LogP contribution in [0, 0.1) is 5.82 Å². The fourth-order valence-electron chi connectivity index (χ4n) is 3.31. The van der Waals surface area contributed by atoms with E-state index in [1.54, 1.807) is 36.7 Å². The normalized spacial score (nSPS) is 10.3. The lowest BCUT2D eigenvalue weighted by atomic mass is 10.2. The maximum atomic E-state index is 14.4. The van der Waals surface area contributed by atoms with Gasteiger partial charge >= 0.3 is 0 Å². The van der Waals surface area contributed by atoms with Gasteiger partial charge in [-0.05, 0) is 60.2 Å². The van der Waals surface area contributed by atoms with E-state index in [0.717, 1.165) is 11.8 Å². The van der Waals surface area contributed by atoms with E-state index in [2.05, 4.69) is 42.8 Å². The van der Waals surface area contributed by atoms with Gasteiger partial charge in [0.15, 0.2) is 11.6 Å². The van der Waals surface area contributed by atoms with E-state index in [9.17, 15) is 9.18 Å². The predicted molar refractivity (Wildman–Crippen MR) is 162 cm³/mol. The number of hydrogen-bond acceptors (Lipinski definition) is 9. The summed E-state index contributed by atoms with van der Waals surface area (Å²) in [5.41, 5.74) is 2.84. The summed E-state index contributed by atoms with van der Waals surface area (Å²) < 4.78 is 20.9. The third-order valence-corrected chi connectivity index (χ3v) is 6.45. The van der Waals surface area contributed by atoms with E-state index >= 15 is 0 Å². The first-order chi connectivity index (χ1) is 19.5. The molecule has 40 heavy (non-hydrogen) atoms. The number of hydrogen-bond donors (Lipinski definition) is 4. The van der Waals surface area contributed by atoms with Crippen molar-refractivity contribution in [2.75, 3.05) is 28.3 Å². The van der Waals surface area contributed by atoms with Crippen molar-refractivity contribution < 1.29 is 13.9 Å². The van der Waals surface area contributed by atoms with Crippen LogP contribution in [0.1, 0.15) is 5.56 Å². The Morgan fingerprint density at radius 2 is 1.88 bits per heavy atom. The number of carbonyl (C=O) groups excluding carboxylic acids is 1. The number of nitrogens with zero attached hydrogens (tertiary/aromatic N) is 3. The molecule has 2 heterocycles. The van der Waals surface area contributed by atoms with Crippen LogP contribution in [0.3, 0.4) is 0 Å². The molecular weight excluding hydrogens is 549 g/mol. The van der Waals surface area contributed by atoms with Crippen molar-refractivity contribution in [3.05, 3.63) is 103 Å². The van der Waals surface area contributed by atoms with Gasteiger partial charge in [-0.3, -0.25) is 9.78 Å². The predicted octanol–water partition coefficient (Wildman–Crippen LogP) is 5.81. The molecule has 4 N–H and O–H groups in total. The zero-order valence-electron chi connectivity index (χ0n) is 21.3. The van der Waals surface area contributed by atoms with Gasteiger partial charge in [0.1, 0.15) is 10.1 Å². The van der Waals surface area contributed by atoms with E-state index < -0.39 is 5.82 Å². The van der Waals surface area contributed by atoms with E-state index in [1.807, 2.05) is 36.4 Å². The molecule has 0 atom stereocenters. The van der Waals surface area contributed by atoms with Gasteiger partial charge in [0.05, 0.1) is 12.8 Å². The second kappa shape index (κ2) is 14.6. The van der Waals surface area contributed by atoms with Crippen LogP contribution in [0.25, 0.3) is 0 Å². The van der Waals surface area contributed by atoms with Crippen molar-refractivity contribution in [2.45, 2.75) is 6.54 Å². The average molecular weight is 576 g/mol. The Kier molecular flexibility index (Phi) is 10.4. The molecule has 0 unspecified atom stereocenters. The number of halogens is 1. The van der Waals surface area contributed by atoms with Crippen LogP contribution < -0.4 is 26.0 Å². The number of benzene rings is 2. The molecule has 2 aromatic heterocycles. The molecule has 1 amide bonds. The number of aromatic nitrogens is 3. The van der Waals surface area contributed by atoms with Gasteiger partial charge in [-0.25, -0.2) is 9.37 Å². The molecule has 0 radical (unpaired) electrons. The van der Waals surface area contributed by atoms with E-state index in [1.165, 1.54) is 17.8 Å². The number of carbonyl (C=O) groups is 1. The molecule has 0 saturated carbocycles. The number of thiocarbonyl (C=S) groups is 1. The van der Waals surface area contributed by atoms with Crippen LogP contribution in [0.2, 0.25) is 0 Å². The van der Waals surface area contributed by atoms with Crippen molar-refractivity contribution in [1.29, 1.82) is 0 Å². The minimum atomic E-state index is -0.626. The zero-order chi connectivity index (χ0) is 28.2. The van der Waals surface area contributed by atoms with Gasteiger partial charge in [0, 0.05) is 41.8 Å². The molecule has 4 aromatic rings. The van der Waals surface area contributed by atoms with E-state index in [4.69, 9.17) is 17.0 Å². The third kappa shape index (κ3) is 9.03. The van der Waals surface area contributed by atoms with Gasteiger partial charge in [0.2, 0.25) is 11.9 Å². The summed E-state index contributed by atoms with van der Waals surface area (Å²) in [6, 6.07) is 17.9. The van der Waals surface area contributed by atoms with E-state index in [0.29, 0.717) is 46.0 Å². The van der Waals surface area contributed by atoms with Gasteiger partial charge in [-0.1, -0.05) is 42.7 Å². The fraction of sp³-hybridized carbons (Fsp3) is 0.107. The summed E-state index contributed by atoms with van der Waals surface area (Å²) in [6.07, 6.45) is 5.78. The fourth-order valence-corrected chi connectivity index (χ4v) is 4.15. The second-order valence-corrected chi connectivity index (χ2v) is 9.91. The van der Waals surface area contributed by atoms with Gasteiger partial charge in [-0.15, -0.1) is 0 Å². The largest absolute Gasteiger partial charge is 0.493 e. The monoisotopic (exact) mass is 575 g/mol. The summed E-state index contributed by atoms with van der Waals surface area (Å²) in [6.45, 7) is 4.55. The Labute approximate surface area is 240 Å². The Morgan fingerprint density at radius 3 is 2.65 bits per heavy atom. The van der Waals surface area contributed by atoms with Crippen LogP contribution >= 0.6 is 24.0 Å². The maximum absolute atomic E-state index is 14.4. The quantitative estimate of drug-likeness (QED) is 0.0938. The number of nitrogens with one attached hydrogen (secondary N) is 4. The number of ether oxygens (including phenoxy) is 1. The molecule has 0 fully saturated rings. The topological polar surface area (TPSA) is 113 Å². The number of pyridine rings is 1. The van der Waals surface area contributed by atoms with Gasteiger partial charge in [-0.2, -0.15) is 4.98 Å². The molecule has 2 aromatic carbocycles. The number of rotatable bonds is 12. The van der Waals surface area contributed by atoms with Crippen LogP contribution in [-0.2, 0) is 11.3 Å². The van der Waals surface area contributed by atoms with Crippen LogP contribution in [0.5, 0.6) is 5.75 Å². The molecule has 0 aliphatic carbocycles. The molecule has 0 aliphatic heterocycles. The van der Waals surface area contributed by atoms with Crippen molar-refractivity contribution >= 4 is 63.0 Å². The minimum Gasteiger partial charge on any atom is -0.493 e. The lowest BCUT2D eigenvalue weighted by Crippen LogP contribution is -2.19. The lowest BCUT2D eigenvalue weighted by molar-refractivity contribution is -0.111. The Hall–Kier alpha value is -4.55. The Bertz CT molecular complexity index is 1460. The molecule has 0 saturated heterocycles. The molecule has 12 heteroatoms. The first-order valence-electron chi connectivity index (χ1n) is 12.1. The molecule has 0 aliphatic rings. The molecular formula is C28H26FN7O2S2. The average Bonchev–Trinajstić information content (AvgIpc) is 2.97. The van der Waals surface area contributed by atoms with Crippen molar-refractivity contribution in [2.24, 2.45) is 0 Å². The highest BCUT2D eigenvalue weighted by Gasteiger charge is 2.09. The van der Waals surface area contributed by atoms with Crippen molar-refractivity contribution in [1.82, 2.24) is 20.3 Å². The summed E-state index contributed by atoms with van der Waals surface area (Å²) in [7, 11) is 0. The van der Waals surface area contributed by atoms with Crippen molar-refractivity contribution in [3.63, 3.8) is 0 Å². The molecule has 0 bridgehead atoms. The Balaban J connectivity index is 1.24. The first kappa shape index (κ1) is 28.5. The highest BCUT2D eigenvalue weighted by molar-refractivity contribution is 8.22. The first-order valence-corrected chi connectivity index (χ1v) is 13.5. The van der Waals surface area contributed by atoms with E-state index in [-0.39, 0.29) is 17.7 Å². The SMILES string of the molecule is C=CC(=O)Nc1cccc(Nc2nc(Nc3ccc(OCCSC(=S)NCc4cccnc4)cc3)ncc2F)c1.